The number of likely N-dealkylation sites (tertiary alicyclic amines) is 1. The van der Waals surface area contributed by atoms with E-state index in [0.717, 1.165) is 38.4 Å². The Balaban J connectivity index is 1.68. The lowest BCUT2D eigenvalue weighted by molar-refractivity contribution is -0.127. The molecule has 14 heavy (non-hydrogen) atoms. The fraction of sp³-hybridized carbons (Fsp3) is 0.909. The van der Waals surface area contributed by atoms with Crippen molar-refractivity contribution in [2.45, 2.75) is 32.1 Å². The number of nitrogens with zero attached hydrogens (tertiary/aromatic N) is 1. The zero-order valence-corrected chi connectivity index (χ0v) is 8.80. The van der Waals surface area contributed by atoms with Crippen molar-refractivity contribution in [1.29, 1.82) is 0 Å². The van der Waals surface area contributed by atoms with E-state index >= 15 is 0 Å². The minimum Gasteiger partial charge on any atom is -0.343 e. The van der Waals surface area contributed by atoms with Gasteiger partial charge in [0.25, 0.3) is 0 Å². The van der Waals surface area contributed by atoms with Crippen LogP contribution in [0.2, 0.25) is 0 Å². The van der Waals surface area contributed by atoms with Crippen LogP contribution >= 0.6 is 0 Å². The fourth-order valence-electron chi connectivity index (χ4n) is 2.45. The van der Waals surface area contributed by atoms with Gasteiger partial charge in [0.2, 0.25) is 5.91 Å². The molecule has 1 unspecified atom stereocenters. The van der Waals surface area contributed by atoms with Crippen molar-refractivity contribution < 1.29 is 4.79 Å². The Hall–Kier alpha value is -0.570. The summed E-state index contributed by atoms with van der Waals surface area (Å²) in [5.41, 5.74) is 0. The van der Waals surface area contributed by atoms with E-state index in [1.54, 1.807) is 0 Å². The average molecular weight is 196 g/mol. The number of hydrogen-bond acceptors (Lipinski definition) is 2. The van der Waals surface area contributed by atoms with E-state index < -0.39 is 0 Å². The van der Waals surface area contributed by atoms with Crippen molar-refractivity contribution in [3.63, 3.8) is 0 Å². The molecule has 3 heteroatoms. The predicted molar refractivity (Wildman–Crippen MR) is 56.0 cm³/mol. The number of carbonyl (C=O) groups is 1. The Kier molecular flexibility index (Phi) is 3.40. The molecule has 0 saturated carbocycles. The van der Waals surface area contributed by atoms with Crippen LogP contribution in [0.4, 0.5) is 0 Å². The van der Waals surface area contributed by atoms with Gasteiger partial charge >= 0.3 is 0 Å². The number of rotatable bonds is 3. The van der Waals surface area contributed by atoms with Gasteiger partial charge in [-0.1, -0.05) is 0 Å². The van der Waals surface area contributed by atoms with Crippen LogP contribution in [-0.4, -0.2) is 37.0 Å². The van der Waals surface area contributed by atoms with Gasteiger partial charge in [-0.25, -0.2) is 0 Å². The third kappa shape index (κ3) is 2.47. The third-order valence-corrected chi connectivity index (χ3v) is 3.38. The van der Waals surface area contributed by atoms with E-state index in [2.05, 4.69) is 5.32 Å². The van der Waals surface area contributed by atoms with Gasteiger partial charge in [0.15, 0.2) is 0 Å². The van der Waals surface area contributed by atoms with Crippen molar-refractivity contribution in [3.05, 3.63) is 0 Å². The molecule has 80 valence electrons. The van der Waals surface area contributed by atoms with Gasteiger partial charge in [0.1, 0.15) is 0 Å². The molecular formula is C11H20N2O. The van der Waals surface area contributed by atoms with Crippen molar-refractivity contribution in [2.75, 3.05) is 26.2 Å². The number of amides is 1. The van der Waals surface area contributed by atoms with Crippen LogP contribution in [0, 0.1) is 5.92 Å². The molecule has 2 saturated heterocycles. The Morgan fingerprint density at radius 3 is 3.00 bits per heavy atom. The van der Waals surface area contributed by atoms with Gasteiger partial charge in [0.05, 0.1) is 0 Å². The first kappa shape index (κ1) is 9.97. The van der Waals surface area contributed by atoms with Crippen LogP contribution in [0.15, 0.2) is 0 Å². The molecular weight excluding hydrogens is 176 g/mol. The number of hydrogen-bond donors (Lipinski definition) is 1. The highest BCUT2D eigenvalue weighted by molar-refractivity contribution is 5.77. The highest BCUT2D eigenvalue weighted by atomic mass is 16.2. The largest absolute Gasteiger partial charge is 0.343 e. The Morgan fingerprint density at radius 2 is 2.36 bits per heavy atom. The Labute approximate surface area is 85.8 Å². The second-order valence-corrected chi connectivity index (χ2v) is 4.49. The molecule has 2 heterocycles. The van der Waals surface area contributed by atoms with Gasteiger partial charge in [-0.05, 0) is 44.7 Å². The summed E-state index contributed by atoms with van der Waals surface area (Å²) in [6.07, 6.45) is 5.69. The monoisotopic (exact) mass is 196 g/mol. The first-order chi connectivity index (χ1) is 6.86. The molecule has 0 aliphatic carbocycles. The van der Waals surface area contributed by atoms with Crippen molar-refractivity contribution in [3.8, 4) is 0 Å². The number of nitrogens with one attached hydrogen (secondary N) is 1. The zero-order valence-electron chi connectivity index (χ0n) is 8.80. The van der Waals surface area contributed by atoms with Crippen molar-refractivity contribution in [1.82, 2.24) is 10.2 Å². The molecule has 2 fully saturated rings. The second kappa shape index (κ2) is 4.78. The first-order valence-corrected chi connectivity index (χ1v) is 5.85. The minimum absolute atomic E-state index is 0.369. The normalized spacial score (nSPS) is 28.4. The van der Waals surface area contributed by atoms with Crippen LogP contribution in [-0.2, 0) is 4.79 Å². The molecule has 0 bridgehead atoms. The van der Waals surface area contributed by atoms with Gasteiger partial charge in [-0.2, -0.15) is 0 Å². The SMILES string of the molecule is O=C1CCCN1CCC1CCCNC1. The van der Waals surface area contributed by atoms with Gasteiger partial charge in [0, 0.05) is 19.5 Å². The molecule has 1 atom stereocenters. The summed E-state index contributed by atoms with van der Waals surface area (Å²) in [5, 5.41) is 3.42. The third-order valence-electron chi connectivity index (χ3n) is 3.38. The molecule has 0 aromatic carbocycles. The molecule has 2 aliphatic heterocycles. The molecule has 0 aromatic heterocycles. The molecule has 0 aromatic rings. The molecule has 3 nitrogen and oxygen atoms in total. The molecule has 0 radical (unpaired) electrons. The van der Waals surface area contributed by atoms with Crippen LogP contribution in [0.5, 0.6) is 0 Å². The van der Waals surface area contributed by atoms with Gasteiger partial charge in [-0.3, -0.25) is 4.79 Å². The quantitative estimate of drug-likeness (QED) is 0.730. The average Bonchev–Trinajstić information content (AvgIpc) is 2.63. The summed E-state index contributed by atoms with van der Waals surface area (Å²) in [4.78, 5) is 13.4. The van der Waals surface area contributed by atoms with Crippen LogP contribution in [0.3, 0.4) is 0 Å². The van der Waals surface area contributed by atoms with Crippen LogP contribution < -0.4 is 5.32 Å². The lowest BCUT2D eigenvalue weighted by Gasteiger charge is -2.25. The number of carbonyl (C=O) groups excluding carboxylic acids is 1. The minimum atomic E-state index is 0.369. The smallest absolute Gasteiger partial charge is 0.222 e. The fourth-order valence-corrected chi connectivity index (χ4v) is 2.45. The molecule has 2 rings (SSSR count). The van der Waals surface area contributed by atoms with E-state index in [9.17, 15) is 4.79 Å². The number of piperidine rings is 1. The lowest BCUT2D eigenvalue weighted by atomic mass is 9.96. The molecule has 2 aliphatic rings. The van der Waals surface area contributed by atoms with E-state index in [4.69, 9.17) is 0 Å². The summed E-state index contributed by atoms with van der Waals surface area (Å²) >= 11 is 0. The molecule has 0 spiro atoms. The van der Waals surface area contributed by atoms with E-state index in [1.165, 1.54) is 25.8 Å². The van der Waals surface area contributed by atoms with E-state index in [0.29, 0.717) is 5.91 Å². The first-order valence-electron chi connectivity index (χ1n) is 5.85. The van der Waals surface area contributed by atoms with Crippen LogP contribution in [0.25, 0.3) is 0 Å². The molecule has 1 N–H and O–H groups in total. The standard InChI is InChI=1S/C11H20N2O/c14-11-4-2-7-13(11)8-5-10-3-1-6-12-9-10/h10,12H,1-9H2. The summed E-state index contributed by atoms with van der Waals surface area (Å²) in [6.45, 7) is 4.32. The maximum Gasteiger partial charge on any atom is 0.222 e. The van der Waals surface area contributed by atoms with E-state index in [1.807, 2.05) is 4.90 Å². The summed E-state index contributed by atoms with van der Waals surface area (Å²) < 4.78 is 0. The molecule has 1 amide bonds. The van der Waals surface area contributed by atoms with Crippen molar-refractivity contribution in [2.24, 2.45) is 5.92 Å². The summed E-state index contributed by atoms with van der Waals surface area (Å²) in [6, 6.07) is 0. The summed E-state index contributed by atoms with van der Waals surface area (Å²) in [7, 11) is 0. The van der Waals surface area contributed by atoms with Crippen LogP contribution in [0.1, 0.15) is 32.1 Å². The second-order valence-electron chi connectivity index (χ2n) is 4.49. The van der Waals surface area contributed by atoms with Crippen molar-refractivity contribution >= 4 is 5.91 Å². The predicted octanol–water partition coefficient (Wildman–Crippen LogP) is 0.998. The van der Waals surface area contributed by atoms with Gasteiger partial charge in [-0.15, -0.1) is 0 Å². The summed E-state index contributed by atoms with van der Waals surface area (Å²) in [5.74, 6) is 1.17. The maximum absolute atomic E-state index is 11.4. The highest BCUT2D eigenvalue weighted by Crippen LogP contribution is 2.17. The lowest BCUT2D eigenvalue weighted by Crippen LogP contribution is -2.33. The zero-order chi connectivity index (χ0) is 9.80. The van der Waals surface area contributed by atoms with E-state index in [-0.39, 0.29) is 0 Å². The van der Waals surface area contributed by atoms with Gasteiger partial charge < -0.3 is 10.2 Å². The maximum atomic E-state index is 11.4. The highest BCUT2D eigenvalue weighted by Gasteiger charge is 2.21. The Bertz CT molecular complexity index is 199. The Morgan fingerprint density at radius 1 is 1.43 bits per heavy atom. The topological polar surface area (TPSA) is 32.3 Å².